The molecule has 3 rings (SSSR count). The summed E-state index contributed by atoms with van der Waals surface area (Å²) in [5.74, 6) is -0.882. The number of pyridine rings is 1. The first-order chi connectivity index (χ1) is 8.66. The molecule has 0 aliphatic heterocycles. The second-order valence-corrected chi connectivity index (χ2v) is 5.05. The fraction of sp³-hybridized carbons (Fsp3) is 0.0769. The molecular formula is C13H10N2O2S. The highest BCUT2D eigenvalue weighted by molar-refractivity contribution is 7.17. The molecule has 3 heterocycles. The van der Waals surface area contributed by atoms with Gasteiger partial charge in [0.2, 0.25) is 0 Å². The highest BCUT2D eigenvalue weighted by Crippen LogP contribution is 2.32. The minimum Gasteiger partial charge on any atom is -0.477 e. The van der Waals surface area contributed by atoms with E-state index in [0.29, 0.717) is 4.88 Å². The summed E-state index contributed by atoms with van der Waals surface area (Å²) in [6.07, 6.45) is 3.62. The average molecular weight is 258 g/mol. The number of rotatable bonds is 2. The third kappa shape index (κ3) is 1.60. The highest BCUT2D eigenvalue weighted by atomic mass is 32.1. The molecule has 0 aromatic carbocycles. The smallest absolute Gasteiger partial charge is 0.345 e. The number of aryl methyl sites for hydroxylation is 1. The van der Waals surface area contributed by atoms with Gasteiger partial charge in [-0.05, 0) is 30.7 Å². The number of carbonyl (C=O) groups is 1. The van der Waals surface area contributed by atoms with Gasteiger partial charge in [0.15, 0.2) is 0 Å². The molecule has 5 heteroatoms. The van der Waals surface area contributed by atoms with Crippen LogP contribution in [0.15, 0.2) is 36.7 Å². The number of carboxylic acids is 1. The third-order valence-corrected chi connectivity index (χ3v) is 4.04. The molecule has 0 aliphatic rings. The number of thiophene rings is 1. The van der Waals surface area contributed by atoms with Gasteiger partial charge < -0.3 is 5.11 Å². The molecule has 18 heavy (non-hydrogen) atoms. The van der Waals surface area contributed by atoms with Crippen LogP contribution in [0.2, 0.25) is 0 Å². The van der Waals surface area contributed by atoms with E-state index in [1.807, 2.05) is 35.7 Å². The monoisotopic (exact) mass is 258 g/mol. The maximum atomic E-state index is 11.0. The normalized spacial score (nSPS) is 10.9. The van der Waals surface area contributed by atoms with Crippen LogP contribution in [-0.4, -0.2) is 20.5 Å². The molecule has 4 nitrogen and oxygen atoms in total. The van der Waals surface area contributed by atoms with Gasteiger partial charge in [-0.25, -0.2) is 9.78 Å². The van der Waals surface area contributed by atoms with Crippen LogP contribution in [0.4, 0.5) is 0 Å². The first kappa shape index (κ1) is 11.0. The molecule has 0 fully saturated rings. The SMILES string of the molecule is Cc1cc(C(=O)O)sc1-c1cccc2nccn12. The Balaban J connectivity index is 2.26. The van der Waals surface area contributed by atoms with Crippen molar-refractivity contribution in [3.63, 3.8) is 0 Å². The molecule has 0 radical (unpaired) electrons. The number of carboxylic acid groups (broad SMARTS) is 1. The summed E-state index contributed by atoms with van der Waals surface area (Å²) >= 11 is 1.29. The van der Waals surface area contributed by atoms with Gasteiger partial charge in [0.25, 0.3) is 0 Å². The second-order valence-electron chi connectivity index (χ2n) is 3.99. The van der Waals surface area contributed by atoms with Crippen molar-refractivity contribution >= 4 is 23.0 Å². The molecule has 0 unspecified atom stereocenters. The number of fused-ring (bicyclic) bond motifs is 1. The Morgan fingerprint density at radius 1 is 1.44 bits per heavy atom. The third-order valence-electron chi connectivity index (χ3n) is 2.79. The molecule has 0 amide bonds. The van der Waals surface area contributed by atoms with Crippen molar-refractivity contribution in [2.45, 2.75) is 6.92 Å². The van der Waals surface area contributed by atoms with Crippen molar-refractivity contribution in [1.82, 2.24) is 9.38 Å². The lowest BCUT2D eigenvalue weighted by molar-refractivity contribution is 0.0702. The maximum Gasteiger partial charge on any atom is 0.345 e. The van der Waals surface area contributed by atoms with Crippen LogP contribution in [0, 0.1) is 6.92 Å². The molecule has 3 aromatic heterocycles. The predicted molar refractivity (Wildman–Crippen MR) is 70.2 cm³/mol. The van der Waals surface area contributed by atoms with Gasteiger partial charge in [-0.3, -0.25) is 4.40 Å². The van der Waals surface area contributed by atoms with Crippen molar-refractivity contribution in [3.8, 4) is 10.6 Å². The lowest BCUT2D eigenvalue weighted by Crippen LogP contribution is -1.90. The number of hydrogen-bond acceptors (Lipinski definition) is 3. The van der Waals surface area contributed by atoms with Crippen molar-refractivity contribution in [2.75, 3.05) is 0 Å². The Bertz CT molecular complexity index is 742. The summed E-state index contributed by atoms with van der Waals surface area (Å²) in [6, 6.07) is 7.53. The van der Waals surface area contributed by atoms with E-state index in [4.69, 9.17) is 5.11 Å². The van der Waals surface area contributed by atoms with E-state index >= 15 is 0 Å². The molecular weight excluding hydrogens is 248 g/mol. The Morgan fingerprint density at radius 3 is 3.00 bits per heavy atom. The van der Waals surface area contributed by atoms with Crippen molar-refractivity contribution in [1.29, 1.82) is 0 Å². The molecule has 1 N–H and O–H groups in total. The number of aromatic carboxylic acids is 1. The molecule has 0 saturated carbocycles. The van der Waals surface area contributed by atoms with Gasteiger partial charge in [-0.15, -0.1) is 11.3 Å². The molecule has 0 atom stereocenters. The standard InChI is InChI=1S/C13H10N2O2S/c1-8-7-10(13(16)17)18-12(8)9-3-2-4-11-14-5-6-15(9)11/h2-7H,1H3,(H,16,17). The fourth-order valence-electron chi connectivity index (χ4n) is 1.97. The Labute approximate surface area is 107 Å². The largest absolute Gasteiger partial charge is 0.477 e. The van der Waals surface area contributed by atoms with Crippen molar-refractivity contribution in [3.05, 3.63) is 47.1 Å². The van der Waals surface area contributed by atoms with Gasteiger partial charge in [0.1, 0.15) is 10.5 Å². The molecule has 3 aromatic rings. The molecule has 0 aliphatic carbocycles. The van der Waals surface area contributed by atoms with E-state index in [1.165, 1.54) is 11.3 Å². The minimum absolute atomic E-state index is 0.361. The second kappa shape index (κ2) is 3.96. The average Bonchev–Trinajstić information content (AvgIpc) is 2.94. The topological polar surface area (TPSA) is 54.6 Å². The van der Waals surface area contributed by atoms with E-state index in [2.05, 4.69) is 4.98 Å². The lowest BCUT2D eigenvalue weighted by atomic mass is 10.2. The van der Waals surface area contributed by atoms with Crippen LogP contribution in [0.3, 0.4) is 0 Å². The number of imidazole rings is 1. The summed E-state index contributed by atoms with van der Waals surface area (Å²) < 4.78 is 1.96. The summed E-state index contributed by atoms with van der Waals surface area (Å²) in [5.41, 5.74) is 2.80. The molecule has 90 valence electrons. The van der Waals surface area contributed by atoms with Crippen molar-refractivity contribution in [2.24, 2.45) is 0 Å². The first-order valence-corrected chi connectivity index (χ1v) is 6.24. The fourth-order valence-corrected chi connectivity index (χ4v) is 3.01. The van der Waals surface area contributed by atoms with Gasteiger partial charge in [0.05, 0.1) is 10.6 Å². The van der Waals surface area contributed by atoms with Gasteiger partial charge in [-0.1, -0.05) is 6.07 Å². The summed E-state index contributed by atoms with van der Waals surface area (Å²) in [6.45, 7) is 1.92. The number of nitrogens with zero attached hydrogens (tertiary/aromatic N) is 2. The zero-order valence-electron chi connectivity index (χ0n) is 9.62. The number of aromatic nitrogens is 2. The number of hydrogen-bond donors (Lipinski definition) is 1. The Kier molecular flexibility index (Phi) is 2.41. The highest BCUT2D eigenvalue weighted by Gasteiger charge is 2.14. The van der Waals surface area contributed by atoms with Crippen LogP contribution < -0.4 is 0 Å². The summed E-state index contributed by atoms with van der Waals surface area (Å²) in [5, 5.41) is 9.03. The van der Waals surface area contributed by atoms with Crippen LogP contribution in [0.25, 0.3) is 16.2 Å². The Hall–Kier alpha value is -2.14. The molecule has 0 bridgehead atoms. The van der Waals surface area contributed by atoms with E-state index < -0.39 is 5.97 Å². The minimum atomic E-state index is -0.882. The lowest BCUT2D eigenvalue weighted by Gasteiger charge is -2.03. The maximum absolute atomic E-state index is 11.0. The summed E-state index contributed by atoms with van der Waals surface area (Å²) in [4.78, 5) is 16.6. The van der Waals surface area contributed by atoms with Gasteiger partial charge in [-0.2, -0.15) is 0 Å². The van der Waals surface area contributed by atoms with Gasteiger partial charge >= 0.3 is 5.97 Å². The van der Waals surface area contributed by atoms with E-state index in [-0.39, 0.29) is 0 Å². The van der Waals surface area contributed by atoms with E-state index in [0.717, 1.165) is 21.8 Å². The van der Waals surface area contributed by atoms with E-state index in [1.54, 1.807) is 12.3 Å². The van der Waals surface area contributed by atoms with Crippen molar-refractivity contribution < 1.29 is 9.90 Å². The van der Waals surface area contributed by atoms with Crippen LogP contribution in [-0.2, 0) is 0 Å². The first-order valence-electron chi connectivity index (χ1n) is 5.43. The molecule has 0 spiro atoms. The van der Waals surface area contributed by atoms with E-state index in [9.17, 15) is 4.79 Å². The summed E-state index contributed by atoms with van der Waals surface area (Å²) in [7, 11) is 0. The zero-order valence-corrected chi connectivity index (χ0v) is 10.4. The van der Waals surface area contributed by atoms with Gasteiger partial charge in [0, 0.05) is 12.4 Å². The molecule has 0 saturated heterocycles. The quantitative estimate of drug-likeness (QED) is 0.768. The predicted octanol–water partition coefficient (Wildman–Crippen LogP) is 3.07. The Morgan fingerprint density at radius 2 is 2.28 bits per heavy atom. The van der Waals surface area contributed by atoms with Crippen LogP contribution in [0.5, 0.6) is 0 Å². The van der Waals surface area contributed by atoms with Crippen LogP contribution in [0.1, 0.15) is 15.2 Å². The van der Waals surface area contributed by atoms with Crippen LogP contribution >= 0.6 is 11.3 Å². The zero-order chi connectivity index (χ0) is 12.7.